The van der Waals surface area contributed by atoms with E-state index in [-0.39, 0.29) is 0 Å². The highest BCUT2D eigenvalue weighted by Crippen LogP contribution is 1.90. The van der Waals surface area contributed by atoms with Gasteiger partial charge in [0.1, 0.15) is 0 Å². The minimum Gasteiger partial charge on any atom is -0.545 e. The molecule has 0 saturated heterocycles. The third-order valence-corrected chi connectivity index (χ3v) is 0.832. The van der Waals surface area contributed by atoms with Crippen LogP contribution in [0.4, 0.5) is 0 Å². The molecule has 0 aromatic heterocycles. The number of carbonyl (C=O) groups excluding carboxylic acids is 1. The van der Waals surface area contributed by atoms with Crippen LogP contribution in [-0.2, 0) is 9.36 Å². The predicted molar refractivity (Wildman–Crippen MR) is 39.5 cm³/mol. The van der Waals surface area contributed by atoms with E-state index < -0.39 is 5.97 Å². The Kier molecular flexibility index (Phi) is 10.00. The number of allylic oxidation sites excluding steroid dienone is 1. The highest BCUT2D eigenvalue weighted by molar-refractivity contribution is 7.00. The number of hydrogen-bond donors (Lipinski definition) is 0. The van der Waals surface area contributed by atoms with E-state index in [4.69, 9.17) is 4.57 Å². The van der Waals surface area contributed by atoms with Gasteiger partial charge in [0, 0.05) is 0 Å². The fourth-order valence-electron chi connectivity index (χ4n) is 0.390. The minimum absolute atomic E-state index is 0.313. The Balaban J connectivity index is 0. The van der Waals surface area contributed by atoms with Crippen LogP contribution in [0.1, 0.15) is 20.3 Å². The highest BCUT2D eigenvalue weighted by Gasteiger charge is 1.83. The zero-order valence-corrected chi connectivity index (χ0v) is 7.24. The number of aliphatic carboxylic acids is 1. The molecule has 0 amide bonds. The molecule has 0 heterocycles. The summed E-state index contributed by atoms with van der Waals surface area (Å²) in [5, 5.41) is 9.91. The zero-order chi connectivity index (χ0) is 8.57. The van der Waals surface area contributed by atoms with Gasteiger partial charge >= 0.3 is 9.12 Å². The molecule has 1 atom stereocenters. The third-order valence-electron chi connectivity index (χ3n) is 0.832. The van der Waals surface area contributed by atoms with Crippen molar-refractivity contribution in [3.05, 3.63) is 11.6 Å². The van der Waals surface area contributed by atoms with E-state index in [1.165, 1.54) is 16.0 Å². The van der Waals surface area contributed by atoms with Gasteiger partial charge in [-0.1, -0.05) is 17.6 Å². The molecule has 0 aromatic rings. The number of carboxylic acids is 1. The summed E-state index contributed by atoms with van der Waals surface area (Å²) in [6.45, 7) is 3.41. The molecule has 3 nitrogen and oxygen atoms in total. The number of carboxylic acid groups (broad SMARTS) is 1. The van der Waals surface area contributed by atoms with Crippen LogP contribution in [0.15, 0.2) is 11.6 Å². The van der Waals surface area contributed by atoms with Crippen molar-refractivity contribution in [1.82, 2.24) is 0 Å². The maximum Gasteiger partial charge on any atom is 0.310 e. The van der Waals surface area contributed by atoms with Crippen LogP contribution in [0.3, 0.4) is 0 Å². The first kappa shape index (κ1) is 12.0. The molecule has 0 aliphatic rings. The van der Waals surface area contributed by atoms with E-state index in [1.54, 1.807) is 6.08 Å². The Morgan fingerprint density at radius 2 is 2.00 bits per heavy atom. The number of hydrogen-bond acceptors (Lipinski definition) is 3. The van der Waals surface area contributed by atoms with Crippen LogP contribution in [0, 0.1) is 0 Å². The van der Waals surface area contributed by atoms with Gasteiger partial charge in [-0.2, -0.15) is 0 Å². The maximum absolute atomic E-state index is 9.91. The molecule has 0 aliphatic carbocycles. The van der Waals surface area contributed by atoms with Crippen molar-refractivity contribution in [2.75, 3.05) is 0 Å². The molecule has 0 saturated carbocycles. The summed E-state index contributed by atoms with van der Waals surface area (Å²) in [4.78, 5) is 9.91. The van der Waals surface area contributed by atoms with Crippen LogP contribution >= 0.6 is 9.12 Å². The number of carbonyl (C=O) groups is 1. The van der Waals surface area contributed by atoms with E-state index >= 15 is 0 Å². The molecule has 1 unspecified atom stereocenters. The van der Waals surface area contributed by atoms with E-state index in [0.29, 0.717) is 5.57 Å². The Hall–Kier alpha value is -0.690. The van der Waals surface area contributed by atoms with E-state index in [1.807, 2.05) is 6.92 Å². The molecular weight excluding hydrogens is 151 g/mol. The smallest absolute Gasteiger partial charge is 0.310 e. The standard InChI is InChI=1S/C6H10O2.H2OP/c1-3-4-5(2)6(7)8;1-2/h4H,3H2,1-2H3,(H,7,8);2H2/q;+1/p-1. The van der Waals surface area contributed by atoms with Gasteiger partial charge in [0.05, 0.1) is 5.97 Å². The lowest BCUT2D eigenvalue weighted by atomic mass is 10.2. The largest absolute Gasteiger partial charge is 0.545 e. The van der Waals surface area contributed by atoms with Crippen molar-refractivity contribution < 1.29 is 14.5 Å². The summed E-state index contributed by atoms with van der Waals surface area (Å²) in [6, 6.07) is 0. The topological polar surface area (TPSA) is 57.2 Å². The Morgan fingerprint density at radius 3 is 2.10 bits per heavy atom. The van der Waals surface area contributed by atoms with Crippen molar-refractivity contribution in [2.45, 2.75) is 20.3 Å². The van der Waals surface area contributed by atoms with Gasteiger partial charge in [0.2, 0.25) is 0 Å². The molecule has 0 rings (SSSR count). The molecule has 0 radical (unpaired) electrons. The first-order valence-corrected chi connectivity index (χ1v) is 3.27. The van der Waals surface area contributed by atoms with E-state index in [2.05, 4.69) is 0 Å². The first-order valence-electron chi connectivity index (χ1n) is 2.80. The molecule has 0 aromatic carbocycles. The molecule has 0 fully saturated rings. The SMILES string of the molecule is CCC=C(C)C(=O)[O-].O=[PH2+]. The fourth-order valence-corrected chi connectivity index (χ4v) is 0.390. The lowest BCUT2D eigenvalue weighted by Gasteiger charge is -1.97. The van der Waals surface area contributed by atoms with Crippen LogP contribution in [0.5, 0.6) is 0 Å². The Morgan fingerprint density at radius 1 is 1.60 bits per heavy atom. The van der Waals surface area contributed by atoms with Crippen LogP contribution in [-0.4, -0.2) is 5.97 Å². The van der Waals surface area contributed by atoms with Gasteiger partial charge in [-0.25, -0.2) is 0 Å². The molecule has 0 N–H and O–H groups in total. The Bertz CT molecular complexity index is 131. The van der Waals surface area contributed by atoms with E-state index in [9.17, 15) is 9.90 Å². The van der Waals surface area contributed by atoms with Crippen LogP contribution in [0.2, 0.25) is 0 Å². The first-order chi connectivity index (χ1) is 4.68. The molecule has 0 aliphatic heterocycles. The van der Waals surface area contributed by atoms with Gasteiger partial charge < -0.3 is 9.90 Å². The maximum atomic E-state index is 9.91. The summed E-state index contributed by atoms with van der Waals surface area (Å²) in [5.74, 6) is -1.08. The molecule has 10 heavy (non-hydrogen) atoms. The molecule has 0 bridgehead atoms. The summed E-state index contributed by atoms with van der Waals surface area (Å²) in [7, 11) is 1.17. The summed E-state index contributed by atoms with van der Waals surface area (Å²) < 4.78 is 8.17. The van der Waals surface area contributed by atoms with E-state index in [0.717, 1.165) is 6.42 Å². The van der Waals surface area contributed by atoms with Gasteiger partial charge in [-0.15, -0.1) is 0 Å². The van der Waals surface area contributed by atoms with Crippen LogP contribution < -0.4 is 5.11 Å². The van der Waals surface area contributed by atoms with Crippen LogP contribution in [0.25, 0.3) is 0 Å². The quantitative estimate of drug-likeness (QED) is 0.433. The average Bonchev–Trinajstić information content (AvgIpc) is 1.93. The number of rotatable bonds is 2. The molecule has 58 valence electrons. The highest BCUT2D eigenvalue weighted by atomic mass is 31.0. The summed E-state index contributed by atoms with van der Waals surface area (Å²) in [6.07, 6.45) is 2.37. The second-order valence-electron chi connectivity index (χ2n) is 1.58. The summed E-state index contributed by atoms with van der Waals surface area (Å²) >= 11 is 0. The minimum atomic E-state index is -1.08. The fraction of sp³-hybridized carbons (Fsp3) is 0.500. The molecule has 4 heteroatoms. The lowest BCUT2D eigenvalue weighted by molar-refractivity contribution is -0.299. The monoisotopic (exact) mass is 162 g/mol. The van der Waals surface area contributed by atoms with Gasteiger partial charge in [0.15, 0.2) is 0 Å². The second kappa shape index (κ2) is 8.31. The molecular formula is C6H11O3P. The zero-order valence-electron chi connectivity index (χ0n) is 6.09. The summed E-state index contributed by atoms with van der Waals surface area (Å²) in [5.41, 5.74) is 0.313. The van der Waals surface area contributed by atoms with Crippen molar-refractivity contribution in [1.29, 1.82) is 0 Å². The second-order valence-corrected chi connectivity index (χ2v) is 1.58. The van der Waals surface area contributed by atoms with Gasteiger partial charge in [-0.3, -0.25) is 0 Å². The molecule has 0 spiro atoms. The van der Waals surface area contributed by atoms with Gasteiger partial charge in [-0.05, 0) is 18.9 Å². The van der Waals surface area contributed by atoms with Crippen molar-refractivity contribution in [3.63, 3.8) is 0 Å². The van der Waals surface area contributed by atoms with Crippen molar-refractivity contribution in [3.8, 4) is 0 Å². The normalized spacial score (nSPS) is 9.60. The average molecular weight is 162 g/mol. The van der Waals surface area contributed by atoms with Crippen molar-refractivity contribution in [2.24, 2.45) is 0 Å². The predicted octanol–water partition coefficient (Wildman–Crippen LogP) is 0.300. The lowest BCUT2D eigenvalue weighted by Crippen LogP contribution is -2.22. The van der Waals surface area contributed by atoms with Gasteiger partial charge in [0.25, 0.3) is 0 Å². The van der Waals surface area contributed by atoms with Crippen molar-refractivity contribution >= 4 is 15.1 Å². The Labute approximate surface area is 62.4 Å². The third kappa shape index (κ3) is 7.31.